The quantitative estimate of drug-likeness (QED) is 0.302. The number of benzene rings is 1. The summed E-state index contributed by atoms with van der Waals surface area (Å²) < 4.78 is 124. The molecule has 14 heteroatoms. The summed E-state index contributed by atoms with van der Waals surface area (Å²) in [5.41, 5.74) is -7.44. The molecule has 2 aliphatic heterocycles. The van der Waals surface area contributed by atoms with E-state index in [4.69, 9.17) is 0 Å². The summed E-state index contributed by atoms with van der Waals surface area (Å²) in [6, 6.07) is 5.04. The first-order chi connectivity index (χ1) is 18.6. The predicted molar refractivity (Wildman–Crippen MR) is 132 cm³/mol. The fourth-order valence-electron chi connectivity index (χ4n) is 6.56. The van der Waals surface area contributed by atoms with Crippen molar-refractivity contribution in [3.8, 4) is 0 Å². The third-order valence-corrected chi connectivity index (χ3v) is 16.9. The first-order valence-corrected chi connectivity index (χ1v) is 20.3. The van der Waals surface area contributed by atoms with E-state index in [0.29, 0.717) is 12.1 Å². The van der Waals surface area contributed by atoms with Crippen molar-refractivity contribution in [2.24, 2.45) is 5.92 Å². The minimum absolute atomic E-state index is 0.0164. The van der Waals surface area contributed by atoms with Crippen molar-refractivity contribution in [2.75, 3.05) is 6.54 Å². The Labute approximate surface area is 234 Å². The number of aromatic nitrogens is 1. The Morgan fingerprint density at radius 3 is 2.33 bits per heavy atom. The number of nitrogens with zero attached hydrogens (tertiary/aromatic N) is 2. The molecule has 2 aromatic rings. The average molecular weight is 701 g/mol. The number of hydrogen-bond donors (Lipinski definition) is 0. The molecule has 0 spiro atoms. The summed E-state index contributed by atoms with van der Waals surface area (Å²) in [7, 11) is -4.41. The van der Waals surface area contributed by atoms with Gasteiger partial charge in [0.1, 0.15) is 0 Å². The number of fused-ring (bicyclic) bond motifs is 3. The second-order valence-electron chi connectivity index (χ2n) is 10.7. The normalized spacial score (nSPS) is 26.1. The number of rotatable bonds is 4. The van der Waals surface area contributed by atoms with Crippen molar-refractivity contribution in [1.82, 2.24) is 9.88 Å². The molecule has 1 aromatic heterocycles. The SMILES string of the molecule is [CH3][Sb]1[CH2]CC(C(=O)N2CCC3(S(=O)(=O)c4ccccn4)c4ccc(C(F)(C(F)(F)F)C(F)(F)F)cc4CCC23)[CH2]1. The molecule has 1 aliphatic carbocycles. The standard InChI is InChI=1S/C25H23F7N2O3S.CH3.Sb/c1-3-15(2)21(35)34-13-11-22(38(36,37)20-6-4-5-12-33-20)18-9-8-17(14-16(18)7-10-19(22)34)23(26,24(27,28)29)25(30,31)32;;/h4-6,8-9,12,14-15,19H,1-3,7,10-11,13H2;1H3;. The fraction of sp³-hybridized carbons (Fsp3) is 0.538. The maximum atomic E-state index is 14.9. The number of likely N-dealkylation sites (tertiary alicyclic amines) is 1. The third-order valence-electron chi connectivity index (χ3n) is 8.48. The second-order valence-corrected chi connectivity index (χ2v) is 20.0. The number of alkyl halides is 7. The van der Waals surface area contributed by atoms with Crippen molar-refractivity contribution in [3.05, 3.63) is 59.3 Å². The predicted octanol–water partition coefficient (Wildman–Crippen LogP) is 5.73. The van der Waals surface area contributed by atoms with Crippen LogP contribution in [0.25, 0.3) is 0 Å². The average Bonchev–Trinajstić information content (AvgIpc) is 3.51. The van der Waals surface area contributed by atoms with Gasteiger partial charge in [-0.3, -0.25) is 0 Å². The molecular weight excluding hydrogens is 675 g/mol. The van der Waals surface area contributed by atoms with Crippen molar-refractivity contribution >= 4 is 36.0 Å². The van der Waals surface area contributed by atoms with Gasteiger partial charge in [-0.2, -0.15) is 26.3 Å². The van der Waals surface area contributed by atoms with Crippen LogP contribution in [0.4, 0.5) is 30.7 Å². The van der Waals surface area contributed by atoms with Gasteiger partial charge >= 0.3 is 208 Å². The van der Waals surface area contributed by atoms with E-state index in [1.807, 2.05) is 0 Å². The van der Waals surface area contributed by atoms with Gasteiger partial charge in [0, 0.05) is 0 Å². The zero-order valence-corrected chi connectivity index (χ0v) is 24.6. The van der Waals surface area contributed by atoms with Gasteiger partial charge in [0.15, 0.2) is 0 Å². The number of aryl methyl sites for hydroxylation is 1. The van der Waals surface area contributed by atoms with Crippen molar-refractivity contribution < 1.29 is 43.9 Å². The van der Waals surface area contributed by atoms with Gasteiger partial charge in [-0.05, 0) is 0 Å². The van der Waals surface area contributed by atoms with Crippen molar-refractivity contribution in [1.29, 1.82) is 0 Å². The van der Waals surface area contributed by atoms with Crippen molar-refractivity contribution in [3.63, 3.8) is 0 Å². The van der Waals surface area contributed by atoms with E-state index in [1.54, 1.807) is 4.90 Å². The van der Waals surface area contributed by atoms with Crippen LogP contribution in [0, 0.1) is 5.92 Å². The van der Waals surface area contributed by atoms with E-state index in [9.17, 15) is 43.9 Å². The molecule has 0 saturated carbocycles. The van der Waals surface area contributed by atoms with Gasteiger partial charge in [0.2, 0.25) is 0 Å². The summed E-state index contributed by atoms with van der Waals surface area (Å²) in [4.78, 5) is 21.4. The summed E-state index contributed by atoms with van der Waals surface area (Å²) in [6.07, 6.45) is -10.9. The Bertz CT molecular complexity index is 1400. The van der Waals surface area contributed by atoms with Crippen molar-refractivity contribution in [2.45, 2.75) is 73.1 Å². The van der Waals surface area contributed by atoms with Gasteiger partial charge in [0.25, 0.3) is 0 Å². The van der Waals surface area contributed by atoms with Crippen LogP contribution in [0.3, 0.4) is 0 Å². The molecule has 0 radical (unpaired) electrons. The zero-order chi connectivity index (χ0) is 29.3. The van der Waals surface area contributed by atoms with Crippen LogP contribution in [0.5, 0.6) is 0 Å². The Balaban J connectivity index is 1.67. The third kappa shape index (κ3) is 4.27. The van der Waals surface area contributed by atoms with E-state index < -0.39 is 64.4 Å². The van der Waals surface area contributed by atoms with Crippen LogP contribution in [-0.2, 0) is 31.5 Å². The molecule has 2 fully saturated rings. The van der Waals surface area contributed by atoms with E-state index >= 15 is 0 Å². The van der Waals surface area contributed by atoms with Gasteiger partial charge in [-0.25, -0.2) is 0 Å². The molecule has 1 amide bonds. The monoisotopic (exact) mass is 700 g/mol. The van der Waals surface area contributed by atoms with E-state index in [1.165, 1.54) is 24.4 Å². The molecule has 3 unspecified atom stereocenters. The van der Waals surface area contributed by atoms with Crippen LogP contribution in [0.2, 0.25) is 13.6 Å². The molecule has 3 aliphatic rings. The van der Waals surface area contributed by atoms with Gasteiger partial charge in [-0.1, -0.05) is 0 Å². The van der Waals surface area contributed by atoms with Gasteiger partial charge < -0.3 is 0 Å². The van der Waals surface area contributed by atoms with Crippen LogP contribution in [-0.4, -0.2) is 69.4 Å². The Morgan fingerprint density at radius 2 is 1.75 bits per heavy atom. The topological polar surface area (TPSA) is 67.3 Å². The number of hydrogen-bond acceptors (Lipinski definition) is 4. The summed E-state index contributed by atoms with van der Waals surface area (Å²) >= 11 is -1.48. The Hall–Kier alpha value is -1.88. The van der Waals surface area contributed by atoms with E-state index in [0.717, 1.165) is 21.2 Å². The molecule has 1 aromatic carbocycles. The summed E-state index contributed by atoms with van der Waals surface area (Å²) in [6.45, 7) is 0.0618. The first kappa shape index (κ1) is 29.6. The Kier molecular flexibility index (Phi) is 7.29. The molecule has 40 heavy (non-hydrogen) atoms. The Morgan fingerprint density at radius 1 is 1.05 bits per heavy atom. The molecule has 2 saturated heterocycles. The number of carbonyl (C=O) groups excluding carboxylic acids is 1. The minimum atomic E-state index is -6.30. The molecule has 0 bridgehead atoms. The van der Waals surface area contributed by atoms with Gasteiger partial charge in [-0.15, -0.1) is 0 Å². The number of carbonyl (C=O) groups is 1. The van der Waals surface area contributed by atoms with Gasteiger partial charge in [0.05, 0.1) is 0 Å². The van der Waals surface area contributed by atoms with Crippen LogP contribution >= 0.6 is 0 Å². The number of halogens is 7. The summed E-state index contributed by atoms with van der Waals surface area (Å²) in [5, 5.41) is -0.319. The number of sulfone groups is 1. The summed E-state index contributed by atoms with van der Waals surface area (Å²) in [5.74, 6) is -0.371. The van der Waals surface area contributed by atoms with E-state index in [2.05, 4.69) is 9.85 Å². The number of amides is 1. The fourth-order valence-corrected chi connectivity index (χ4v) is 14.6. The second kappa shape index (κ2) is 9.85. The molecule has 0 N–H and O–H groups in total. The molecule has 5 nitrogen and oxygen atoms in total. The number of pyridine rings is 1. The molecule has 218 valence electrons. The maximum absolute atomic E-state index is 14.9. The van der Waals surface area contributed by atoms with Crippen LogP contribution in [0.15, 0.2) is 47.6 Å². The molecular formula is C26H26F7N2O3SSb. The zero-order valence-electron chi connectivity index (χ0n) is 21.3. The molecule has 3 heterocycles. The van der Waals surface area contributed by atoms with Crippen LogP contribution in [0.1, 0.15) is 36.0 Å². The molecule has 3 atom stereocenters. The first-order valence-electron chi connectivity index (χ1n) is 12.7. The van der Waals surface area contributed by atoms with Crippen LogP contribution < -0.4 is 0 Å². The molecule has 5 rings (SSSR count). The van der Waals surface area contributed by atoms with E-state index in [-0.39, 0.29) is 53.8 Å².